The molecule has 0 aromatic heterocycles. The fourth-order valence-electron chi connectivity index (χ4n) is 4.50. The molecule has 4 unspecified atom stereocenters. The molecule has 0 saturated heterocycles. The highest BCUT2D eigenvalue weighted by molar-refractivity contribution is 5.81. The summed E-state index contributed by atoms with van der Waals surface area (Å²) in [5.74, 6) is -4.51. The maximum Gasteiger partial charge on any atom is 0.307 e. The zero-order chi connectivity index (χ0) is 23.1. The van der Waals surface area contributed by atoms with Crippen molar-refractivity contribution in [2.75, 3.05) is 13.2 Å². The summed E-state index contributed by atoms with van der Waals surface area (Å²) in [5, 5.41) is 28.2. The number of hydrogen-bond acceptors (Lipinski definition) is 5. The van der Waals surface area contributed by atoms with Crippen LogP contribution in [0.25, 0.3) is 0 Å². The molecule has 0 bridgehead atoms. The van der Waals surface area contributed by atoms with Crippen molar-refractivity contribution >= 4 is 17.9 Å². The molecule has 0 saturated carbocycles. The lowest BCUT2D eigenvalue weighted by atomic mass is 9.67. The van der Waals surface area contributed by atoms with Crippen molar-refractivity contribution in [3.05, 3.63) is 12.2 Å². The number of allylic oxidation sites excluding steroid dienone is 2. The van der Waals surface area contributed by atoms with Crippen molar-refractivity contribution in [1.29, 1.82) is 0 Å². The number of carboxylic acid groups (broad SMARTS) is 2. The highest BCUT2D eigenvalue weighted by atomic mass is 16.5. The van der Waals surface area contributed by atoms with Crippen LogP contribution in [0.5, 0.6) is 0 Å². The van der Waals surface area contributed by atoms with E-state index < -0.39 is 23.8 Å². The first kappa shape index (κ1) is 27.1. The van der Waals surface area contributed by atoms with Gasteiger partial charge in [0.15, 0.2) is 0 Å². The molecule has 1 aliphatic rings. The number of aliphatic carboxylic acids is 2. The van der Waals surface area contributed by atoms with Crippen molar-refractivity contribution in [1.82, 2.24) is 0 Å². The molecule has 178 valence electrons. The molecule has 31 heavy (non-hydrogen) atoms. The van der Waals surface area contributed by atoms with E-state index in [-0.39, 0.29) is 31.0 Å². The monoisotopic (exact) mass is 440 g/mol. The first-order chi connectivity index (χ1) is 14.9. The molecular formula is C24H40O7. The summed E-state index contributed by atoms with van der Waals surface area (Å²) in [6.07, 6.45) is 14.1. The van der Waals surface area contributed by atoms with E-state index in [1.54, 1.807) is 0 Å². The van der Waals surface area contributed by atoms with Gasteiger partial charge in [-0.05, 0) is 31.1 Å². The average Bonchev–Trinajstić information content (AvgIpc) is 2.74. The molecule has 1 rings (SSSR count). The molecule has 1 aliphatic carbocycles. The normalized spacial score (nSPS) is 22.9. The van der Waals surface area contributed by atoms with Gasteiger partial charge in [0, 0.05) is 6.42 Å². The molecule has 4 atom stereocenters. The molecule has 3 N–H and O–H groups in total. The Balaban J connectivity index is 2.47. The van der Waals surface area contributed by atoms with Crippen LogP contribution in [0.2, 0.25) is 0 Å². The predicted octanol–water partition coefficient (Wildman–Crippen LogP) is 4.43. The summed E-state index contributed by atoms with van der Waals surface area (Å²) < 4.78 is 4.81. The quantitative estimate of drug-likeness (QED) is 0.174. The Morgan fingerprint density at radius 2 is 1.26 bits per heavy atom. The van der Waals surface area contributed by atoms with Crippen LogP contribution in [0.4, 0.5) is 0 Å². The maximum atomic E-state index is 12.0. The molecule has 0 spiro atoms. The summed E-state index contributed by atoms with van der Waals surface area (Å²) in [6, 6.07) is 0. The standard InChI is InChI=1S/C24H40O7/c1-2-3-4-8-11-18-14-15-19(22(24(29)30)21(18)23(27)28)12-9-6-5-7-10-13-20(26)31-17-16-25/h14-15,18-19,21-22,25H,2-13,16-17H2,1H3,(H,27,28)(H,29,30). The minimum absolute atomic E-state index is 0.0371. The summed E-state index contributed by atoms with van der Waals surface area (Å²) in [5.41, 5.74) is 0. The number of hydrogen-bond donors (Lipinski definition) is 3. The first-order valence-electron chi connectivity index (χ1n) is 11.8. The number of rotatable bonds is 17. The number of carboxylic acids is 2. The third kappa shape index (κ3) is 10.3. The Labute approximate surface area is 185 Å². The molecule has 7 heteroatoms. The van der Waals surface area contributed by atoms with Gasteiger partial charge in [-0.1, -0.05) is 70.4 Å². The van der Waals surface area contributed by atoms with E-state index >= 15 is 0 Å². The third-order valence-electron chi connectivity index (χ3n) is 6.15. The second-order valence-electron chi connectivity index (χ2n) is 8.54. The molecule has 0 aliphatic heterocycles. The lowest BCUT2D eigenvalue weighted by Crippen LogP contribution is -2.41. The van der Waals surface area contributed by atoms with Gasteiger partial charge in [-0.15, -0.1) is 0 Å². The van der Waals surface area contributed by atoms with E-state index in [1.165, 1.54) is 0 Å². The van der Waals surface area contributed by atoms with Gasteiger partial charge in [-0.25, -0.2) is 0 Å². The van der Waals surface area contributed by atoms with Gasteiger partial charge < -0.3 is 20.1 Å². The van der Waals surface area contributed by atoms with Crippen molar-refractivity contribution in [2.24, 2.45) is 23.7 Å². The zero-order valence-electron chi connectivity index (χ0n) is 18.8. The second-order valence-corrected chi connectivity index (χ2v) is 8.54. The van der Waals surface area contributed by atoms with Gasteiger partial charge in [-0.3, -0.25) is 14.4 Å². The van der Waals surface area contributed by atoms with Crippen LogP contribution in [0.1, 0.15) is 84.0 Å². The SMILES string of the molecule is CCCCCCC1C=CC(CCCCCCCC(=O)OCCO)C(C(=O)O)C1C(=O)O. The van der Waals surface area contributed by atoms with Crippen LogP contribution >= 0.6 is 0 Å². The Bertz CT molecular complexity index is 572. The van der Waals surface area contributed by atoms with E-state index in [2.05, 4.69) is 6.92 Å². The topological polar surface area (TPSA) is 121 Å². The van der Waals surface area contributed by atoms with E-state index in [0.29, 0.717) is 12.8 Å². The fraction of sp³-hybridized carbons (Fsp3) is 0.792. The minimum atomic E-state index is -1.01. The molecule has 0 aromatic rings. The predicted molar refractivity (Wildman–Crippen MR) is 117 cm³/mol. The van der Waals surface area contributed by atoms with E-state index in [9.17, 15) is 24.6 Å². The largest absolute Gasteiger partial charge is 0.481 e. The maximum absolute atomic E-state index is 12.0. The molecule has 7 nitrogen and oxygen atoms in total. The Hall–Kier alpha value is -1.89. The zero-order valence-corrected chi connectivity index (χ0v) is 18.8. The van der Waals surface area contributed by atoms with Crippen LogP contribution in [0.15, 0.2) is 12.2 Å². The number of carbonyl (C=O) groups excluding carboxylic acids is 1. The van der Waals surface area contributed by atoms with Gasteiger partial charge in [0.1, 0.15) is 6.61 Å². The molecule has 0 aromatic carbocycles. The van der Waals surface area contributed by atoms with Gasteiger partial charge >= 0.3 is 17.9 Å². The minimum Gasteiger partial charge on any atom is -0.481 e. The van der Waals surface area contributed by atoms with Gasteiger partial charge in [0.2, 0.25) is 0 Å². The van der Waals surface area contributed by atoms with Crippen LogP contribution in [-0.4, -0.2) is 46.4 Å². The summed E-state index contributed by atoms with van der Waals surface area (Å²) in [4.78, 5) is 35.3. The number of carbonyl (C=O) groups is 3. The lowest BCUT2D eigenvalue weighted by molar-refractivity contribution is -0.158. The highest BCUT2D eigenvalue weighted by Gasteiger charge is 2.44. The van der Waals surface area contributed by atoms with E-state index in [0.717, 1.165) is 64.2 Å². The number of aliphatic hydroxyl groups excluding tert-OH is 1. The van der Waals surface area contributed by atoms with Crippen molar-refractivity contribution in [3.63, 3.8) is 0 Å². The van der Waals surface area contributed by atoms with E-state index in [1.807, 2.05) is 12.2 Å². The number of unbranched alkanes of at least 4 members (excludes halogenated alkanes) is 7. The van der Waals surface area contributed by atoms with Crippen LogP contribution in [-0.2, 0) is 19.1 Å². The molecule has 0 radical (unpaired) electrons. The Kier molecular flexibility index (Phi) is 13.9. The number of esters is 1. The van der Waals surface area contributed by atoms with E-state index in [4.69, 9.17) is 9.84 Å². The van der Waals surface area contributed by atoms with Gasteiger partial charge in [0.25, 0.3) is 0 Å². The smallest absolute Gasteiger partial charge is 0.307 e. The first-order valence-corrected chi connectivity index (χ1v) is 11.8. The molecule has 0 amide bonds. The van der Waals surface area contributed by atoms with Crippen LogP contribution in [0.3, 0.4) is 0 Å². The number of ether oxygens (including phenoxy) is 1. The second kappa shape index (κ2) is 15.8. The molecular weight excluding hydrogens is 400 g/mol. The fourth-order valence-corrected chi connectivity index (χ4v) is 4.50. The van der Waals surface area contributed by atoms with Gasteiger partial charge in [-0.2, -0.15) is 0 Å². The molecule has 0 heterocycles. The van der Waals surface area contributed by atoms with Crippen LogP contribution in [0, 0.1) is 23.7 Å². The summed E-state index contributed by atoms with van der Waals surface area (Å²) >= 11 is 0. The summed E-state index contributed by atoms with van der Waals surface area (Å²) in [6.45, 7) is 2.00. The molecule has 0 fully saturated rings. The average molecular weight is 441 g/mol. The third-order valence-corrected chi connectivity index (χ3v) is 6.15. The van der Waals surface area contributed by atoms with Crippen LogP contribution < -0.4 is 0 Å². The van der Waals surface area contributed by atoms with Crippen molar-refractivity contribution in [2.45, 2.75) is 84.0 Å². The Morgan fingerprint density at radius 3 is 1.74 bits per heavy atom. The Morgan fingerprint density at radius 1 is 0.774 bits per heavy atom. The van der Waals surface area contributed by atoms with Gasteiger partial charge in [0.05, 0.1) is 18.4 Å². The van der Waals surface area contributed by atoms with Crippen molar-refractivity contribution in [3.8, 4) is 0 Å². The highest BCUT2D eigenvalue weighted by Crippen LogP contribution is 2.39. The summed E-state index contributed by atoms with van der Waals surface area (Å²) in [7, 11) is 0. The lowest BCUT2D eigenvalue weighted by Gasteiger charge is -2.35. The number of aliphatic hydroxyl groups is 1. The van der Waals surface area contributed by atoms with Crippen molar-refractivity contribution < 1.29 is 34.4 Å².